The first-order valence-corrected chi connectivity index (χ1v) is 6.13. The van der Waals surface area contributed by atoms with Gasteiger partial charge >= 0.3 is 0 Å². The molecule has 0 aliphatic rings. The fraction of sp³-hybridized carbons (Fsp3) is 0.500. The minimum atomic E-state index is -0.515. The molecule has 1 rings (SSSR count). The van der Waals surface area contributed by atoms with Crippen molar-refractivity contribution in [2.75, 3.05) is 6.61 Å². The maximum atomic E-state index is 13.3. The van der Waals surface area contributed by atoms with E-state index >= 15 is 0 Å². The maximum Gasteiger partial charge on any atom is 0.249 e. The van der Waals surface area contributed by atoms with Gasteiger partial charge in [-0.25, -0.2) is 4.39 Å². The SMILES string of the molecule is CC(C)CO[C@H](C)C(=O)NCc1ccccc1F. The molecule has 4 heteroatoms. The fourth-order valence-electron chi connectivity index (χ4n) is 1.38. The largest absolute Gasteiger partial charge is 0.368 e. The van der Waals surface area contributed by atoms with Crippen LogP contribution < -0.4 is 5.32 Å². The Labute approximate surface area is 107 Å². The third-order valence-corrected chi connectivity index (χ3v) is 2.46. The standard InChI is InChI=1S/C14H20FNO2/c1-10(2)9-18-11(3)14(17)16-8-12-6-4-5-7-13(12)15/h4-7,10-11H,8-9H2,1-3H3,(H,16,17)/t11-/m1/s1. The van der Waals surface area contributed by atoms with E-state index in [9.17, 15) is 9.18 Å². The Morgan fingerprint density at radius 1 is 1.33 bits per heavy atom. The molecule has 0 radical (unpaired) electrons. The van der Waals surface area contributed by atoms with Gasteiger partial charge in [-0.05, 0) is 18.9 Å². The van der Waals surface area contributed by atoms with Crippen LogP contribution in [0.4, 0.5) is 4.39 Å². The molecule has 1 aromatic rings. The van der Waals surface area contributed by atoms with E-state index in [1.165, 1.54) is 6.07 Å². The predicted molar refractivity (Wildman–Crippen MR) is 68.5 cm³/mol. The van der Waals surface area contributed by atoms with Crippen molar-refractivity contribution in [2.24, 2.45) is 5.92 Å². The van der Waals surface area contributed by atoms with Crippen LogP contribution in [-0.4, -0.2) is 18.6 Å². The van der Waals surface area contributed by atoms with Gasteiger partial charge in [-0.15, -0.1) is 0 Å². The first kappa shape index (κ1) is 14.6. The first-order chi connectivity index (χ1) is 8.50. The number of halogens is 1. The Morgan fingerprint density at radius 2 is 2.00 bits per heavy atom. The average molecular weight is 253 g/mol. The lowest BCUT2D eigenvalue weighted by molar-refractivity contribution is -0.132. The molecule has 1 N–H and O–H groups in total. The van der Waals surface area contributed by atoms with Gasteiger partial charge in [-0.1, -0.05) is 32.0 Å². The van der Waals surface area contributed by atoms with Crippen molar-refractivity contribution in [3.63, 3.8) is 0 Å². The van der Waals surface area contributed by atoms with E-state index in [0.29, 0.717) is 18.1 Å². The zero-order valence-electron chi connectivity index (χ0n) is 11.1. The highest BCUT2D eigenvalue weighted by Crippen LogP contribution is 2.06. The van der Waals surface area contributed by atoms with Gasteiger partial charge in [0.15, 0.2) is 0 Å². The highest BCUT2D eigenvalue weighted by molar-refractivity contribution is 5.80. The third-order valence-electron chi connectivity index (χ3n) is 2.46. The number of ether oxygens (including phenoxy) is 1. The molecule has 0 aliphatic heterocycles. The van der Waals surface area contributed by atoms with Crippen molar-refractivity contribution < 1.29 is 13.9 Å². The van der Waals surface area contributed by atoms with Crippen molar-refractivity contribution in [1.29, 1.82) is 0 Å². The van der Waals surface area contributed by atoms with Gasteiger partial charge in [0.25, 0.3) is 0 Å². The van der Waals surface area contributed by atoms with Gasteiger partial charge in [0.05, 0.1) is 0 Å². The molecular weight excluding hydrogens is 233 g/mol. The zero-order valence-corrected chi connectivity index (χ0v) is 11.1. The van der Waals surface area contributed by atoms with E-state index in [1.54, 1.807) is 25.1 Å². The highest BCUT2D eigenvalue weighted by Gasteiger charge is 2.13. The van der Waals surface area contributed by atoms with Crippen molar-refractivity contribution >= 4 is 5.91 Å². The molecule has 18 heavy (non-hydrogen) atoms. The van der Waals surface area contributed by atoms with E-state index in [-0.39, 0.29) is 18.3 Å². The second kappa shape index (κ2) is 7.11. The summed E-state index contributed by atoms with van der Waals surface area (Å²) in [6, 6.07) is 6.38. The maximum absolute atomic E-state index is 13.3. The number of nitrogens with one attached hydrogen (secondary N) is 1. The summed E-state index contributed by atoms with van der Waals surface area (Å²) in [7, 11) is 0. The molecule has 0 saturated heterocycles. The van der Waals surface area contributed by atoms with Crippen molar-refractivity contribution in [2.45, 2.75) is 33.4 Å². The normalized spacial score (nSPS) is 12.5. The van der Waals surface area contributed by atoms with Crippen LogP contribution >= 0.6 is 0 Å². The molecule has 0 spiro atoms. The molecular formula is C14H20FNO2. The van der Waals surface area contributed by atoms with Gasteiger partial charge in [-0.3, -0.25) is 4.79 Å². The second-order valence-electron chi connectivity index (χ2n) is 4.68. The lowest BCUT2D eigenvalue weighted by Crippen LogP contribution is -2.34. The summed E-state index contributed by atoms with van der Waals surface area (Å²) < 4.78 is 18.7. The van der Waals surface area contributed by atoms with Gasteiger partial charge in [0.2, 0.25) is 5.91 Å². The van der Waals surface area contributed by atoms with Crippen molar-refractivity contribution in [3.05, 3.63) is 35.6 Å². The number of rotatable bonds is 6. The van der Waals surface area contributed by atoms with Gasteiger partial charge in [0, 0.05) is 18.7 Å². The van der Waals surface area contributed by atoms with E-state index in [2.05, 4.69) is 5.32 Å². The predicted octanol–water partition coefficient (Wildman–Crippen LogP) is 2.50. The van der Waals surface area contributed by atoms with Crippen LogP contribution in [0.2, 0.25) is 0 Å². The molecule has 0 aliphatic carbocycles. The summed E-state index contributed by atoms with van der Waals surface area (Å²) in [5, 5.41) is 2.66. The number of benzene rings is 1. The number of carbonyl (C=O) groups is 1. The molecule has 3 nitrogen and oxygen atoms in total. The van der Waals surface area contributed by atoms with Crippen LogP contribution in [0.1, 0.15) is 26.3 Å². The molecule has 1 atom stereocenters. The third kappa shape index (κ3) is 4.84. The second-order valence-corrected chi connectivity index (χ2v) is 4.68. The van der Waals surface area contributed by atoms with E-state index in [0.717, 1.165) is 0 Å². The Balaban J connectivity index is 2.39. The van der Waals surface area contributed by atoms with Crippen LogP contribution in [0.5, 0.6) is 0 Å². The van der Waals surface area contributed by atoms with Crippen LogP contribution in [0.15, 0.2) is 24.3 Å². The number of amides is 1. The monoisotopic (exact) mass is 253 g/mol. The molecule has 1 amide bonds. The molecule has 0 fully saturated rings. The minimum absolute atomic E-state index is 0.181. The molecule has 0 aromatic heterocycles. The summed E-state index contributed by atoms with van der Waals surface area (Å²) >= 11 is 0. The Hall–Kier alpha value is -1.42. The van der Waals surface area contributed by atoms with Crippen LogP contribution in [0, 0.1) is 11.7 Å². The molecule has 0 unspecified atom stereocenters. The van der Waals surface area contributed by atoms with Gasteiger partial charge in [-0.2, -0.15) is 0 Å². The Morgan fingerprint density at radius 3 is 2.61 bits per heavy atom. The van der Waals surface area contributed by atoms with Crippen LogP contribution in [-0.2, 0) is 16.1 Å². The molecule has 100 valence electrons. The van der Waals surface area contributed by atoms with Gasteiger partial charge in [0.1, 0.15) is 11.9 Å². The lowest BCUT2D eigenvalue weighted by atomic mass is 10.2. The quantitative estimate of drug-likeness (QED) is 0.846. The van der Waals surface area contributed by atoms with Crippen molar-refractivity contribution in [3.8, 4) is 0 Å². The smallest absolute Gasteiger partial charge is 0.249 e. The summed E-state index contributed by atoms with van der Waals surface area (Å²) in [5.41, 5.74) is 0.474. The summed E-state index contributed by atoms with van der Waals surface area (Å²) in [5.74, 6) is -0.153. The number of carbonyl (C=O) groups excluding carboxylic acids is 1. The topological polar surface area (TPSA) is 38.3 Å². The zero-order chi connectivity index (χ0) is 13.5. The molecule has 0 bridgehead atoms. The number of hydrogen-bond donors (Lipinski definition) is 1. The highest BCUT2D eigenvalue weighted by atomic mass is 19.1. The molecule has 0 heterocycles. The average Bonchev–Trinajstić information content (AvgIpc) is 2.34. The van der Waals surface area contributed by atoms with E-state index < -0.39 is 6.10 Å². The molecule has 1 aromatic carbocycles. The Kier molecular flexibility index (Phi) is 5.78. The summed E-state index contributed by atoms with van der Waals surface area (Å²) in [4.78, 5) is 11.7. The number of hydrogen-bond acceptors (Lipinski definition) is 2. The van der Waals surface area contributed by atoms with E-state index in [4.69, 9.17) is 4.74 Å². The summed E-state index contributed by atoms with van der Waals surface area (Å²) in [6.07, 6.45) is -0.515. The first-order valence-electron chi connectivity index (χ1n) is 6.13. The van der Waals surface area contributed by atoms with Crippen LogP contribution in [0.25, 0.3) is 0 Å². The molecule has 0 saturated carbocycles. The van der Waals surface area contributed by atoms with Crippen LogP contribution in [0.3, 0.4) is 0 Å². The summed E-state index contributed by atoms with van der Waals surface area (Å²) in [6.45, 7) is 6.45. The fourth-order valence-corrected chi connectivity index (χ4v) is 1.38. The minimum Gasteiger partial charge on any atom is -0.368 e. The van der Waals surface area contributed by atoms with E-state index in [1.807, 2.05) is 13.8 Å². The van der Waals surface area contributed by atoms with Crippen molar-refractivity contribution in [1.82, 2.24) is 5.32 Å². The lowest BCUT2D eigenvalue weighted by Gasteiger charge is -2.15. The Bertz CT molecular complexity index is 393. The van der Waals surface area contributed by atoms with Gasteiger partial charge < -0.3 is 10.1 Å².